The van der Waals surface area contributed by atoms with Crippen LogP contribution in [-0.2, 0) is 21.7 Å². The molecule has 0 radical (unpaired) electrons. The van der Waals surface area contributed by atoms with Crippen LogP contribution in [-0.4, -0.2) is 37.9 Å². The molecule has 0 aliphatic carbocycles. The Labute approximate surface area is 295 Å². The van der Waals surface area contributed by atoms with Gasteiger partial charge >= 0.3 is 21.7 Å². The van der Waals surface area contributed by atoms with Gasteiger partial charge in [-0.15, -0.1) is 38.6 Å². The molecule has 5 heteroatoms. The molecule has 0 aliphatic rings. The molecular formula is C38H83ClN2OTi. The molecule has 1 N–H and O–H groups in total. The minimum absolute atomic E-state index is 0. The van der Waals surface area contributed by atoms with Crippen LogP contribution < -0.4 is 0 Å². The van der Waals surface area contributed by atoms with Crippen LogP contribution in [0.15, 0.2) is 0 Å². The number of unbranched alkanes of at least 4 members (excludes halogenated alkanes) is 23. The molecule has 0 rings (SSSR count). The van der Waals surface area contributed by atoms with Crippen molar-refractivity contribution in [3.8, 4) is 0 Å². The molecule has 0 aromatic heterocycles. The summed E-state index contributed by atoms with van der Waals surface area (Å²) in [7, 11) is 0. The van der Waals surface area contributed by atoms with Crippen LogP contribution in [0.3, 0.4) is 0 Å². The molecule has 0 aromatic rings. The van der Waals surface area contributed by atoms with Crippen LogP contribution in [0.5, 0.6) is 0 Å². The fourth-order valence-electron chi connectivity index (χ4n) is 4.78. The summed E-state index contributed by atoms with van der Waals surface area (Å²) in [6.45, 7) is 16.1. The van der Waals surface area contributed by atoms with Gasteiger partial charge in [-0.1, -0.05) is 208 Å². The van der Waals surface area contributed by atoms with Crippen molar-refractivity contribution in [2.24, 2.45) is 0 Å². The summed E-state index contributed by atoms with van der Waals surface area (Å²) in [4.78, 5) is 0. The van der Waals surface area contributed by atoms with Crippen molar-refractivity contribution in [1.82, 2.24) is 0 Å². The van der Waals surface area contributed by atoms with Crippen LogP contribution in [0.25, 0.3) is 10.6 Å². The van der Waals surface area contributed by atoms with E-state index < -0.39 is 0 Å². The topological polar surface area (TPSA) is 48.4 Å². The third-order valence-electron chi connectivity index (χ3n) is 7.69. The van der Waals surface area contributed by atoms with E-state index >= 15 is 0 Å². The molecule has 0 unspecified atom stereocenters. The quantitative estimate of drug-likeness (QED) is 0.0563. The second-order valence-electron chi connectivity index (χ2n) is 12.2. The Morgan fingerprint density at radius 1 is 0.302 bits per heavy atom. The number of hydrogen-bond donors (Lipinski definition) is 1. The standard InChI is InChI=1S/2C16H34N.C6H14O.ClH.Ti/c2*1-3-5-7-9-11-13-15-17-16-14-12-10-8-6-4-2;1-2-3-4-5-6-7;;/h2*3-16H2,1-2H3;7H,2-6H2,1H3;1H;/q2*-1;;;+2. The minimum Gasteiger partial charge on any atom is -0.662 e. The van der Waals surface area contributed by atoms with Gasteiger partial charge in [0, 0.05) is 6.61 Å². The molecule has 0 aliphatic heterocycles. The van der Waals surface area contributed by atoms with E-state index in [1.807, 2.05) is 0 Å². The summed E-state index contributed by atoms with van der Waals surface area (Å²) in [5, 5.41) is 17.5. The van der Waals surface area contributed by atoms with Crippen molar-refractivity contribution in [3.05, 3.63) is 10.6 Å². The Kier molecular flexibility index (Phi) is 72.5. The largest absolute Gasteiger partial charge is 2.00 e. The monoisotopic (exact) mass is 667 g/mol. The molecule has 0 heterocycles. The SMILES string of the molecule is CCCCCCCC[N-]CCCCCCCC.CCCCCCCC[N-]CCCCCCCC.CCCCCCO.Cl.[Ti+2]. The van der Waals surface area contributed by atoms with E-state index in [0.29, 0.717) is 6.61 Å². The molecular weight excluding hydrogens is 584 g/mol. The van der Waals surface area contributed by atoms with Gasteiger partial charge < -0.3 is 15.7 Å². The zero-order valence-electron chi connectivity index (χ0n) is 30.6. The number of halogens is 1. The van der Waals surface area contributed by atoms with E-state index in [4.69, 9.17) is 5.11 Å². The molecule has 0 aromatic carbocycles. The fraction of sp³-hybridized carbons (Fsp3) is 1.00. The van der Waals surface area contributed by atoms with E-state index in [0.717, 1.165) is 32.6 Å². The first-order chi connectivity index (χ1) is 20.2. The Morgan fingerprint density at radius 2 is 0.488 bits per heavy atom. The molecule has 0 spiro atoms. The average molecular weight is 667 g/mol. The van der Waals surface area contributed by atoms with E-state index in [2.05, 4.69) is 45.3 Å². The van der Waals surface area contributed by atoms with E-state index in [-0.39, 0.29) is 34.1 Å². The van der Waals surface area contributed by atoms with Gasteiger partial charge in [-0.05, 0) is 6.42 Å². The smallest absolute Gasteiger partial charge is 0.662 e. The van der Waals surface area contributed by atoms with Crippen molar-refractivity contribution in [1.29, 1.82) is 0 Å². The number of aliphatic hydroxyl groups excluding tert-OH is 1. The summed E-state index contributed by atoms with van der Waals surface area (Å²) in [5.41, 5.74) is 0. The summed E-state index contributed by atoms with van der Waals surface area (Å²) in [6, 6.07) is 0. The first-order valence-corrected chi connectivity index (χ1v) is 19.1. The molecule has 0 amide bonds. The molecule has 0 fully saturated rings. The minimum atomic E-state index is 0. The predicted molar refractivity (Wildman–Crippen MR) is 198 cm³/mol. The maximum absolute atomic E-state index is 8.29. The van der Waals surface area contributed by atoms with E-state index in [1.165, 1.54) is 173 Å². The molecule has 262 valence electrons. The maximum atomic E-state index is 8.29. The number of nitrogens with zero attached hydrogens (tertiary/aromatic N) is 2. The third-order valence-corrected chi connectivity index (χ3v) is 7.69. The summed E-state index contributed by atoms with van der Waals surface area (Å²) >= 11 is 0. The Bertz CT molecular complexity index is 329. The number of aliphatic hydroxyl groups is 1. The Balaban J connectivity index is -0.000000177. The third kappa shape index (κ3) is 66.3. The van der Waals surface area contributed by atoms with Gasteiger partial charge in [0.15, 0.2) is 0 Å². The van der Waals surface area contributed by atoms with Gasteiger partial charge in [0.1, 0.15) is 0 Å². The van der Waals surface area contributed by atoms with Crippen LogP contribution in [0.4, 0.5) is 0 Å². The van der Waals surface area contributed by atoms with Crippen LogP contribution in [0, 0.1) is 0 Å². The van der Waals surface area contributed by atoms with Gasteiger partial charge in [-0.3, -0.25) is 0 Å². The zero-order chi connectivity index (χ0) is 30.7. The summed E-state index contributed by atoms with van der Waals surface area (Å²) in [6.07, 6.45) is 37.9. The first kappa shape index (κ1) is 53.4. The average Bonchev–Trinajstić information content (AvgIpc) is 2.99. The Morgan fingerprint density at radius 3 is 0.698 bits per heavy atom. The van der Waals surface area contributed by atoms with Crippen molar-refractivity contribution in [2.75, 3.05) is 32.8 Å². The van der Waals surface area contributed by atoms with Crippen LogP contribution in [0.2, 0.25) is 0 Å². The van der Waals surface area contributed by atoms with Crippen molar-refractivity contribution in [2.45, 2.75) is 214 Å². The Hall–Kier alpha value is 0.884. The van der Waals surface area contributed by atoms with E-state index in [1.54, 1.807) is 0 Å². The number of hydrogen-bond acceptors (Lipinski definition) is 1. The van der Waals surface area contributed by atoms with Gasteiger partial charge in [-0.25, -0.2) is 0 Å². The normalized spacial score (nSPS) is 10.2. The van der Waals surface area contributed by atoms with Gasteiger partial charge in [0.05, 0.1) is 0 Å². The fourth-order valence-corrected chi connectivity index (χ4v) is 4.78. The van der Waals surface area contributed by atoms with Gasteiger partial charge in [0.2, 0.25) is 0 Å². The molecule has 3 nitrogen and oxygen atoms in total. The predicted octanol–water partition coefficient (Wildman–Crippen LogP) is 14.1. The maximum Gasteiger partial charge on any atom is 2.00 e. The molecule has 0 saturated heterocycles. The molecule has 0 bridgehead atoms. The van der Waals surface area contributed by atoms with Crippen LogP contribution >= 0.6 is 12.4 Å². The van der Waals surface area contributed by atoms with Crippen molar-refractivity contribution < 1.29 is 26.8 Å². The van der Waals surface area contributed by atoms with Crippen LogP contribution in [0.1, 0.15) is 214 Å². The summed E-state index contributed by atoms with van der Waals surface area (Å²) in [5.74, 6) is 0. The summed E-state index contributed by atoms with van der Waals surface area (Å²) < 4.78 is 0. The van der Waals surface area contributed by atoms with Gasteiger partial charge in [-0.2, -0.15) is 0 Å². The zero-order valence-corrected chi connectivity index (χ0v) is 33.0. The molecule has 0 atom stereocenters. The first-order valence-electron chi connectivity index (χ1n) is 19.1. The van der Waals surface area contributed by atoms with Crippen molar-refractivity contribution in [3.63, 3.8) is 0 Å². The molecule has 0 saturated carbocycles. The molecule has 43 heavy (non-hydrogen) atoms. The van der Waals surface area contributed by atoms with Crippen molar-refractivity contribution >= 4 is 12.4 Å². The van der Waals surface area contributed by atoms with E-state index in [9.17, 15) is 0 Å². The number of rotatable bonds is 32. The second kappa shape index (κ2) is 58.4. The van der Waals surface area contributed by atoms with Gasteiger partial charge in [0.25, 0.3) is 0 Å². The second-order valence-corrected chi connectivity index (χ2v) is 12.2.